The van der Waals surface area contributed by atoms with Crippen molar-refractivity contribution in [2.75, 3.05) is 32.9 Å². The summed E-state index contributed by atoms with van der Waals surface area (Å²) in [6.45, 7) is 1.05. The molecule has 0 heterocycles. The maximum absolute atomic E-state index is 13.0. The Morgan fingerprint density at radius 1 is 0.806 bits per heavy atom. The van der Waals surface area contributed by atoms with Crippen molar-refractivity contribution >= 4 is 24.2 Å². The molecule has 3 fully saturated rings. The molecule has 10 nitrogen and oxygen atoms in total. The van der Waals surface area contributed by atoms with E-state index in [0.717, 1.165) is 38.4 Å². The van der Waals surface area contributed by atoms with Crippen LogP contribution in [0.3, 0.4) is 0 Å². The van der Waals surface area contributed by atoms with Crippen LogP contribution in [0.2, 0.25) is 0 Å². The van der Waals surface area contributed by atoms with Crippen LogP contribution < -0.4 is 11.5 Å². The summed E-state index contributed by atoms with van der Waals surface area (Å²) in [5.41, 5.74) is 9.69. The van der Waals surface area contributed by atoms with Crippen molar-refractivity contribution in [2.24, 2.45) is 35.1 Å². The first-order chi connectivity index (χ1) is 17.4. The second-order valence-corrected chi connectivity index (χ2v) is 10.3. The molecule has 0 spiro atoms. The van der Waals surface area contributed by atoms with Gasteiger partial charge in [-0.05, 0) is 50.9 Å². The second-order valence-electron chi connectivity index (χ2n) is 10.3. The Labute approximate surface area is 213 Å². The second kappa shape index (κ2) is 14.0. The van der Waals surface area contributed by atoms with E-state index in [1.807, 2.05) is 0 Å². The molecular formula is C26H42N2O8. The first-order valence-electron chi connectivity index (χ1n) is 13.5. The fraction of sp³-hybridized carbons (Fsp3) is 0.846. The Kier molecular flexibility index (Phi) is 11.1. The maximum atomic E-state index is 13.0. The number of carbonyl (C=O) groups is 4. The lowest BCUT2D eigenvalue weighted by atomic mass is 9.76. The Morgan fingerprint density at radius 3 is 2.11 bits per heavy atom. The summed E-state index contributed by atoms with van der Waals surface area (Å²) in [6, 6.07) is 0. The van der Waals surface area contributed by atoms with Gasteiger partial charge in [-0.3, -0.25) is 14.4 Å². The fourth-order valence-corrected chi connectivity index (χ4v) is 5.87. The molecule has 0 saturated heterocycles. The molecule has 0 aromatic carbocycles. The van der Waals surface area contributed by atoms with Gasteiger partial charge in [0, 0.05) is 13.1 Å². The monoisotopic (exact) mass is 510 g/mol. The van der Waals surface area contributed by atoms with Crippen LogP contribution in [-0.2, 0) is 38.1 Å². The highest BCUT2D eigenvalue weighted by Crippen LogP contribution is 2.39. The molecule has 0 amide bonds. The molecule has 6 unspecified atom stereocenters. The summed E-state index contributed by atoms with van der Waals surface area (Å²) in [5.74, 6) is -2.63. The van der Waals surface area contributed by atoms with Gasteiger partial charge in [-0.2, -0.15) is 0 Å². The van der Waals surface area contributed by atoms with E-state index in [9.17, 15) is 19.2 Å². The van der Waals surface area contributed by atoms with Crippen LogP contribution in [0, 0.1) is 23.7 Å². The van der Waals surface area contributed by atoms with E-state index in [-0.39, 0.29) is 50.3 Å². The van der Waals surface area contributed by atoms with Crippen molar-refractivity contribution in [1.29, 1.82) is 0 Å². The summed E-state index contributed by atoms with van der Waals surface area (Å²) in [7, 11) is 0. The van der Waals surface area contributed by atoms with Gasteiger partial charge in [0.1, 0.15) is 24.9 Å². The predicted molar refractivity (Wildman–Crippen MR) is 129 cm³/mol. The highest BCUT2D eigenvalue weighted by molar-refractivity contribution is 5.82. The van der Waals surface area contributed by atoms with E-state index in [2.05, 4.69) is 0 Å². The van der Waals surface area contributed by atoms with Crippen molar-refractivity contribution in [3.8, 4) is 0 Å². The number of aldehydes is 1. The third-order valence-corrected chi connectivity index (χ3v) is 7.84. The molecule has 3 rings (SSSR count). The molecule has 6 atom stereocenters. The number of hydrogen-bond donors (Lipinski definition) is 2. The van der Waals surface area contributed by atoms with Gasteiger partial charge in [-0.15, -0.1) is 0 Å². The molecule has 0 aliphatic heterocycles. The van der Waals surface area contributed by atoms with Gasteiger partial charge in [-0.1, -0.05) is 25.7 Å². The zero-order valence-corrected chi connectivity index (χ0v) is 21.2. The average Bonchev–Trinajstić information content (AvgIpc) is 3.36. The van der Waals surface area contributed by atoms with Gasteiger partial charge in [0.15, 0.2) is 6.29 Å². The van der Waals surface area contributed by atoms with E-state index in [1.165, 1.54) is 0 Å². The number of ether oxygens (including phenoxy) is 4. The normalized spacial score (nSPS) is 32.4. The Hall–Kier alpha value is -2.04. The van der Waals surface area contributed by atoms with Crippen LogP contribution >= 0.6 is 0 Å². The van der Waals surface area contributed by atoms with Crippen LogP contribution in [0.5, 0.6) is 0 Å². The molecule has 3 saturated carbocycles. The van der Waals surface area contributed by atoms with Crippen molar-refractivity contribution in [2.45, 2.75) is 82.3 Å². The molecule has 0 aromatic rings. The van der Waals surface area contributed by atoms with Crippen molar-refractivity contribution in [3.05, 3.63) is 0 Å². The minimum atomic E-state index is -1.18. The molecule has 3 aliphatic carbocycles. The van der Waals surface area contributed by atoms with Crippen LogP contribution in [0.4, 0.5) is 0 Å². The van der Waals surface area contributed by atoms with E-state index in [4.69, 9.17) is 30.4 Å². The summed E-state index contributed by atoms with van der Waals surface area (Å²) < 4.78 is 22.4. The average molecular weight is 511 g/mol. The summed E-state index contributed by atoms with van der Waals surface area (Å²) in [5, 5.41) is 0. The molecule has 3 aliphatic rings. The predicted octanol–water partition coefficient (Wildman–Crippen LogP) is 1.65. The zero-order valence-electron chi connectivity index (χ0n) is 21.2. The first-order valence-corrected chi connectivity index (χ1v) is 13.5. The quantitative estimate of drug-likeness (QED) is 0.225. The molecule has 0 aromatic heterocycles. The van der Waals surface area contributed by atoms with Crippen LogP contribution in [0.25, 0.3) is 0 Å². The van der Waals surface area contributed by atoms with E-state index in [1.54, 1.807) is 0 Å². The smallest absolute Gasteiger partial charge is 0.312 e. The highest BCUT2D eigenvalue weighted by Gasteiger charge is 2.47. The summed E-state index contributed by atoms with van der Waals surface area (Å²) in [6.07, 6.45) is 8.29. The third-order valence-electron chi connectivity index (χ3n) is 7.84. The van der Waals surface area contributed by atoms with Gasteiger partial charge in [0.2, 0.25) is 0 Å². The summed E-state index contributed by atoms with van der Waals surface area (Å²) >= 11 is 0. The lowest BCUT2D eigenvalue weighted by molar-refractivity contribution is -0.174. The highest BCUT2D eigenvalue weighted by atomic mass is 16.6. The standard InChI is InChI=1S/C26H42N2O8/c27-11-13-33-23(30)20-5-1-2-6-21(20)24(31)36-19-9-8-18(15-19)16-35-26(17-29)10-4-3-7-22(26)25(32)34-14-12-28/h17-22H,1-16,27-28H2. The first kappa shape index (κ1) is 28.5. The SMILES string of the molecule is NCCOC(=O)C1CCCCC1C(=O)OC1CCC(COC2(C=O)CCCCC2C(=O)OCCN)C1. The van der Waals surface area contributed by atoms with Gasteiger partial charge in [0.25, 0.3) is 0 Å². The lowest BCUT2D eigenvalue weighted by Gasteiger charge is -2.39. The Balaban J connectivity index is 1.52. The fourth-order valence-electron chi connectivity index (χ4n) is 5.87. The number of hydrogen-bond acceptors (Lipinski definition) is 10. The number of nitrogens with two attached hydrogens (primary N) is 2. The van der Waals surface area contributed by atoms with Gasteiger partial charge < -0.3 is 35.2 Å². The van der Waals surface area contributed by atoms with Gasteiger partial charge in [0.05, 0.1) is 24.4 Å². The molecule has 0 radical (unpaired) electrons. The van der Waals surface area contributed by atoms with Crippen molar-refractivity contribution in [1.82, 2.24) is 0 Å². The van der Waals surface area contributed by atoms with Crippen LogP contribution in [0.1, 0.15) is 70.6 Å². The van der Waals surface area contributed by atoms with Gasteiger partial charge >= 0.3 is 17.9 Å². The van der Waals surface area contributed by atoms with E-state index in [0.29, 0.717) is 45.1 Å². The van der Waals surface area contributed by atoms with Crippen LogP contribution in [0.15, 0.2) is 0 Å². The Bertz CT molecular complexity index is 762. The van der Waals surface area contributed by atoms with E-state index >= 15 is 0 Å². The number of rotatable bonds is 12. The minimum absolute atomic E-state index is 0.110. The number of esters is 3. The molecule has 0 bridgehead atoms. The number of carbonyl (C=O) groups excluding carboxylic acids is 4. The molecule has 36 heavy (non-hydrogen) atoms. The largest absolute Gasteiger partial charge is 0.464 e. The van der Waals surface area contributed by atoms with E-state index < -0.39 is 29.3 Å². The third kappa shape index (κ3) is 7.26. The Morgan fingerprint density at radius 2 is 1.44 bits per heavy atom. The molecule has 204 valence electrons. The lowest BCUT2D eigenvalue weighted by Crippen LogP contribution is -2.50. The van der Waals surface area contributed by atoms with Crippen LogP contribution in [-0.4, -0.2) is 68.8 Å². The topological polar surface area (TPSA) is 157 Å². The van der Waals surface area contributed by atoms with Crippen molar-refractivity contribution < 1.29 is 38.1 Å². The molecule has 10 heteroatoms. The van der Waals surface area contributed by atoms with Crippen molar-refractivity contribution in [3.63, 3.8) is 0 Å². The molecular weight excluding hydrogens is 468 g/mol. The molecule has 4 N–H and O–H groups in total. The van der Waals surface area contributed by atoms with Gasteiger partial charge in [-0.25, -0.2) is 0 Å². The maximum Gasteiger partial charge on any atom is 0.312 e. The summed E-state index contributed by atoms with van der Waals surface area (Å²) in [4.78, 5) is 50.1. The minimum Gasteiger partial charge on any atom is -0.464 e. The zero-order chi connectivity index (χ0) is 26.0.